The normalized spacial score (nSPS) is 10.8. The highest BCUT2D eigenvalue weighted by Crippen LogP contribution is 1.91. The van der Waals surface area contributed by atoms with Crippen molar-refractivity contribution in [1.82, 2.24) is 0 Å². The molecule has 0 heterocycles. The van der Waals surface area contributed by atoms with Gasteiger partial charge in [-0.25, -0.2) is 0 Å². The van der Waals surface area contributed by atoms with Gasteiger partial charge in [-0.3, -0.25) is 9.59 Å². The van der Waals surface area contributed by atoms with Crippen LogP contribution in [0.3, 0.4) is 0 Å². The molecule has 0 aliphatic carbocycles. The monoisotopic (exact) mass is 142 g/mol. The van der Waals surface area contributed by atoms with Crippen LogP contribution in [0.1, 0.15) is 13.8 Å². The molecule has 0 rings (SSSR count). The lowest BCUT2D eigenvalue weighted by Gasteiger charge is -1.98. The third-order valence-corrected chi connectivity index (χ3v) is 0.856. The summed E-state index contributed by atoms with van der Waals surface area (Å²) < 4.78 is 4.59. The molecule has 0 aromatic carbocycles. The zero-order valence-electron chi connectivity index (χ0n) is 6.09. The van der Waals surface area contributed by atoms with E-state index < -0.39 is 0 Å². The molecule has 0 radical (unpaired) electrons. The van der Waals surface area contributed by atoms with Crippen molar-refractivity contribution in [2.75, 3.05) is 6.61 Å². The van der Waals surface area contributed by atoms with Crippen molar-refractivity contribution in [2.24, 2.45) is 0 Å². The molecule has 0 N–H and O–H groups in total. The Kier molecular flexibility index (Phi) is 4.20. The van der Waals surface area contributed by atoms with Crippen LogP contribution in [0.4, 0.5) is 0 Å². The number of hydrogen-bond donors (Lipinski definition) is 0. The third kappa shape index (κ3) is 5.03. The molecule has 3 heteroatoms. The maximum absolute atomic E-state index is 10.2. The summed E-state index contributed by atoms with van der Waals surface area (Å²) in [5.74, 6) is -0.335. The first kappa shape index (κ1) is 8.88. The minimum absolute atomic E-state index is 0.202. The van der Waals surface area contributed by atoms with E-state index in [4.69, 9.17) is 0 Å². The first-order valence-corrected chi connectivity index (χ1v) is 2.91. The molecule has 0 amide bonds. The molecule has 0 saturated heterocycles. The van der Waals surface area contributed by atoms with Gasteiger partial charge in [0.2, 0.25) is 0 Å². The number of hydrogen-bond acceptors (Lipinski definition) is 3. The summed E-state index contributed by atoms with van der Waals surface area (Å²) in [6, 6.07) is 0. The third-order valence-electron chi connectivity index (χ3n) is 0.856. The van der Waals surface area contributed by atoms with Crippen molar-refractivity contribution in [1.29, 1.82) is 0 Å². The van der Waals surface area contributed by atoms with Crippen LogP contribution < -0.4 is 0 Å². The largest absolute Gasteiger partial charge is 0.461 e. The van der Waals surface area contributed by atoms with Gasteiger partial charge < -0.3 is 4.74 Å². The molecule has 0 aromatic rings. The van der Waals surface area contributed by atoms with Crippen molar-refractivity contribution in [2.45, 2.75) is 13.8 Å². The number of carbonyl (C=O) groups is 2. The van der Waals surface area contributed by atoms with Gasteiger partial charge in [-0.2, -0.15) is 0 Å². The van der Waals surface area contributed by atoms with E-state index in [-0.39, 0.29) is 12.6 Å². The first-order valence-electron chi connectivity index (χ1n) is 2.91. The van der Waals surface area contributed by atoms with Crippen LogP contribution in [0.2, 0.25) is 0 Å². The molecule has 0 aromatic heterocycles. The maximum atomic E-state index is 10.2. The van der Waals surface area contributed by atoms with Crippen molar-refractivity contribution in [3.63, 3.8) is 0 Å². The fraction of sp³-hybridized carbons (Fsp3) is 0.429. The van der Waals surface area contributed by atoms with Crippen molar-refractivity contribution >= 4 is 12.3 Å². The molecule has 10 heavy (non-hydrogen) atoms. The number of aldehydes is 1. The minimum atomic E-state index is -0.335. The highest BCUT2D eigenvalue weighted by atomic mass is 16.5. The molecule has 0 spiro atoms. The number of carbonyl (C=O) groups excluding carboxylic acids is 2. The smallest absolute Gasteiger partial charge is 0.302 e. The summed E-state index contributed by atoms with van der Waals surface area (Å²) >= 11 is 0. The van der Waals surface area contributed by atoms with Gasteiger partial charge in [0, 0.05) is 6.92 Å². The second-order valence-electron chi connectivity index (χ2n) is 1.93. The molecular formula is C7H10O3. The van der Waals surface area contributed by atoms with Gasteiger partial charge in [0.1, 0.15) is 12.9 Å². The van der Waals surface area contributed by atoms with Crippen LogP contribution in [0.5, 0.6) is 0 Å². The lowest BCUT2D eigenvalue weighted by Crippen LogP contribution is -2.01. The lowest BCUT2D eigenvalue weighted by molar-refractivity contribution is -0.140. The van der Waals surface area contributed by atoms with Crippen LogP contribution in [0, 0.1) is 0 Å². The summed E-state index contributed by atoms with van der Waals surface area (Å²) in [6.07, 6.45) is 2.03. The molecule has 3 nitrogen and oxygen atoms in total. The van der Waals surface area contributed by atoms with Crippen LogP contribution in [-0.2, 0) is 14.3 Å². The topological polar surface area (TPSA) is 43.4 Å². The van der Waals surface area contributed by atoms with Gasteiger partial charge >= 0.3 is 5.97 Å². The SMILES string of the molecule is CC(=O)OCC(C)=CC=O. The number of allylic oxidation sites excluding steroid dienone is 1. The number of esters is 1. The van der Waals surface area contributed by atoms with Crippen molar-refractivity contribution in [3.8, 4) is 0 Å². The predicted molar refractivity (Wildman–Crippen MR) is 36.5 cm³/mol. The Balaban J connectivity index is 3.58. The van der Waals surface area contributed by atoms with Gasteiger partial charge in [0.05, 0.1) is 0 Å². The van der Waals surface area contributed by atoms with E-state index in [9.17, 15) is 9.59 Å². The van der Waals surface area contributed by atoms with Crippen LogP contribution in [-0.4, -0.2) is 18.9 Å². The second-order valence-corrected chi connectivity index (χ2v) is 1.93. The average Bonchev–Trinajstić information content (AvgIpc) is 1.85. The minimum Gasteiger partial charge on any atom is -0.461 e. The van der Waals surface area contributed by atoms with E-state index in [1.807, 2.05) is 0 Å². The quantitative estimate of drug-likeness (QED) is 0.331. The van der Waals surface area contributed by atoms with E-state index >= 15 is 0 Å². The van der Waals surface area contributed by atoms with E-state index in [1.165, 1.54) is 13.0 Å². The van der Waals surface area contributed by atoms with Gasteiger partial charge in [-0.05, 0) is 18.6 Å². The van der Waals surface area contributed by atoms with Gasteiger partial charge in [0.25, 0.3) is 0 Å². The standard InChI is InChI=1S/C7H10O3/c1-6(3-4-8)5-10-7(2)9/h3-4H,5H2,1-2H3. The van der Waals surface area contributed by atoms with Crippen LogP contribution >= 0.6 is 0 Å². The van der Waals surface area contributed by atoms with Crippen LogP contribution in [0.25, 0.3) is 0 Å². The van der Waals surface area contributed by atoms with Crippen molar-refractivity contribution < 1.29 is 14.3 Å². The summed E-state index contributed by atoms with van der Waals surface area (Å²) in [6.45, 7) is 3.25. The zero-order chi connectivity index (χ0) is 7.98. The highest BCUT2D eigenvalue weighted by Gasteiger charge is 1.92. The molecular weight excluding hydrogens is 132 g/mol. The Bertz CT molecular complexity index is 158. The summed E-state index contributed by atoms with van der Waals surface area (Å²) in [4.78, 5) is 20.1. The van der Waals surface area contributed by atoms with E-state index in [2.05, 4.69) is 4.74 Å². The van der Waals surface area contributed by atoms with E-state index in [0.29, 0.717) is 6.29 Å². The summed E-state index contributed by atoms with van der Waals surface area (Å²) in [7, 11) is 0. The Morgan fingerprint density at radius 2 is 2.10 bits per heavy atom. The fourth-order valence-electron chi connectivity index (χ4n) is 0.380. The molecule has 0 aliphatic heterocycles. The molecule has 0 fully saturated rings. The first-order chi connectivity index (χ1) is 4.66. The van der Waals surface area contributed by atoms with E-state index in [1.54, 1.807) is 6.92 Å². The molecule has 56 valence electrons. The Hall–Kier alpha value is -1.12. The summed E-state index contributed by atoms with van der Waals surface area (Å²) in [5.41, 5.74) is 0.741. The fourth-order valence-corrected chi connectivity index (χ4v) is 0.380. The predicted octanol–water partition coefficient (Wildman–Crippen LogP) is 0.695. The maximum Gasteiger partial charge on any atom is 0.302 e. The van der Waals surface area contributed by atoms with Crippen molar-refractivity contribution in [3.05, 3.63) is 11.6 Å². The Morgan fingerprint density at radius 1 is 1.50 bits per heavy atom. The Labute approximate surface area is 59.7 Å². The van der Waals surface area contributed by atoms with Gasteiger partial charge in [0.15, 0.2) is 0 Å². The average molecular weight is 142 g/mol. The number of ether oxygens (including phenoxy) is 1. The van der Waals surface area contributed by atoms with E-state index in [0.717, 1.165) is 5.57 Å². The Morgan fingerprint density at radius 3 is 2.50 bits per heavy atom. The zero-order valence-corrected chi connectivity index (χ0v) is 6.09. The van der Waals surface area contributed by atoms with Crippen LogP contribution in [0.15, 0.2) is 11.6 Å². The molecule has 0 saturated carbocycles. The summed E-state index contributed by atoms with van der Waals surface area (Å²) in [5, 5.41) is 0. The molecule has 0 aliphatic rings. The molecule has 0 bridgehead atoms. The van der Waals surface area contributed by atoms with Gasteiger partial charge in [-0.1, -0.05) is 0 Å². The number of rotatable bonds is 3. The van der Waals surface area contributed by atoms with Gasteiger partial charge in [-0.15, -0.1) is 0 Å². The molecule has 0 atom stereocenters. The second kappa shape index (κ2) is 4.73. The lowest BCUT2D eigenvalue weighted by atomic mass is 10.3. The highest BCUT2D eigenvalue weighted by molar-refractivity contribution is 5.67. The molecule has 0 unspecified atom stereocenters.